The first-order chi connectivity index (χ1) is 7.14. The summed E-state index contributed by atoms with van der Waals surface area (Å²) in [6.45, 7) is 15.4. The molecule has 0 radical (unpaired) electrons. The molecule has 98 valence electrons. The molecule has 0 heterocycles. The van der Waals surface area contributed by atoms with Crippen LogP contribution in [0.2, 0.25) is 0 Å². The molecule has 0 aromatic rings. The van der Waals surface area contributed by atoms with E-state index in [1.807, 2.05) is 0 Å². The highest BCUT2D eigenvalue weighted by Gasteiger charge is 2.25. The molecule has 0 amide bonds. The molecular formula is C12H28NO2P. The first kappa shape index (κ1) is 16.3. The molecule has 1 N–H and O–H groups in total. The molecule has 0 unspecified atom stereocenters. The van der Waals surface area contributed by atoms with Crippen LogP contribution in [0.5, 0.6) is 0 Å². The van der Waals surface area contributed by atoms with E-state index in [9.17, 15) is 0 Å². The Morgan fingerprint density at radius 2 is 1.38 bits per heavy atom. The topological polar surface area (TPSA) is 30.5 Å². The normalized spacial score (nSPS) is 13.5. The monoisotopic (exact) mass is 249 g/mol. The van der Waals surface area contributed by atoms with Gasteiger partial charge < -0.3 is 9.05 Å². The van der Waals surface area contributed by atoms with Gasteiger partial charge in [0.15, 0.2) is 0 Å². The molecule has 0 aliphatic rings. The van der Waals surface area contributed by atoms with Gasteiger partial charge in [-0.05, 0) is 48.0 Å². The molecule has 0 atom stereocenters. The molecule has 0 bridgehead atoms. The van der Waals surface area contributed by atoms with E-state index >= 15 is 0 Å². The fourth-order valence-corrected chi connectivity index (χ4v) is 2.43. The van der Waals surface area contributed by atoms with Crippen LogP contribution in [-0.2, 0) is 9.05 Å². The Labute approximate surface area is 102 Å². The van der Waals surface area contributed by atoms with Gasteiger partial charge in [0.2, 0.25) is 0 Å². The maximum atomic E-state index is 5.89. The molecule has 0 aromatic heterocycles. The predicted molar refractivity (Wildman–Crippen MR) is 71.5 cm³/mol. The second-order valence-corrected chi connectivity index (χ2v) is 7.12. The van der Waals surface area contributed by atoms with E-state index in [1.165, 1.54) is 6.42 Å². The summed E-state index contributed by atoms with van der Waals surface area (Å²) < 4.78 is 11.8. The highest BCUT2D eigenvalue weighted by molar-refractivity contribution is 7.45. The molecule has 0 saturated carbocycles. The van der Waals surface area contributed by atoms with Crippen LogP contribution >= 0.6 is 8.53 Å². The number of hydrogen-bond acceptors (Lipinski definition) is 3. The van der Waals surface area contributed by atoms with E-state index in [2.05, 4.69) is 53.6 Å². The van der Waals surface area contributed by atoms with E-state index in [4.69, 9.17) is 9.05 Å². The van der Waals surface area contributed by atoms with Crippen LogP contribution in [0.4, 0.5) is 0 Å². The lowest BCUT2D eigenvalue weighted by Gasteiger charge is -2.31. The van der Waals surface area contributed by atoms with Crippen molar-refractivity contribution in [3.8, 4) is 0 Å². The molecule has 0 spiro atoms. The molecular weight excluding hydrogens is 221 g/mol. The van der Waals surface area contributed by atoms with Gasteiger partial charge in [-0.3, -0.25) is 5.09 Å². The van der Waals surface area contributed by atoms with Crippen molar-refractivity contribution in [3.63, 3.8) is 0 Å². The summed E-state index contributed by atoms with van der Waals surface area (Å²) in [5.74, 6) is 0. The van der Waals surface area contributed by atoms with Crippen LogP contribution in [-0.4, -0.2) is 17.7 Å². The van der Waals surface area contributed by atoms with E-state index < -0.39 is 8.53 Å². The van der Waals surface area contributed by atoms with Gasteiger partial charge in [-0.2, -0.15) is 0 Å². The van der Waals surface area contributed by atoms with E-state index in [1.54, 1.807) is 0 Å². The van der Waals surface area contributed by atoms with Gasteiger partial charge in [0, 0.05) is 6.54 Å². The minimum atomic E-state index is -0.998. The van der Waals surface area contributed by atoms with Gasteiger partial charge in [-0.25, -0.2) is 0 Å². The zero-order chi connectivity index (χ0) is 12.8. The fraction of sp³-hybridized carbons (Fsp3) is 1.00. The second kappa shape index (κ2) is 6.90. The predicted octanol–water partition coefficient (Wildman–Crippen LogP) is 4.23. The third kappa shape index (κ3) is 10.8. The van der Waals surface area contributed by atoms with Gasteiger partial charge in [-0.1, -0.05) is 13.3 Å². The van der Waals surface area contributed by atoms with Crippen molar-refractivity contribution in [2.24, 2.45) is 0 Å². The van der Waals surface area contributed by atoms with Crippen molar-refractivity contribution in [2.45, 2.75) is 72.5 Å². The van der Waals surface area contributed by atoms with Crippen molar-refractivity contribution in [2.75, 3.05) is 6.54 Å². The Kier molecular flexibility index (Phi) is 7.04. The molecule has 0 fully saturated rings. The smallest absolute Gasteiger partial charge is 0.256 e. The van der Waals surface area contributed by atoms with Crippen LogP contribution in [0.15, 0.2) is 0 Å². The van der Waals surface area contributed by atoms with Crippen molar-refractivity contribution in [3.05, 3.63) is 0 Å². The molecule has 16 heavy (non-hydrogen) atoms. The fourth-order valence-electron chi connectivity index (χ4n) is 0.928. The first-order valence-corrected chi connectivity index (χ1v) is 7.24. The lowest BCUT2D eigenvalue weighted by molar-refractivity contribution is 0.0689. The van der Waals surface area contributed by atoms with Crippen LogP contribution in [0.1, 0.15) is 61.3 Å². The summed E-state index contributed by atoms with van der Waals surface area (Å²) in [6, 6.07) is 0. The molecule has 0 aliphatic heterocycles. The van der Waals surface area contributed by atoms with Crippen LogP contribution in [0, 0.1) is 0 Å². The highest BCUT2D eigenvalue weighted by Crippen LogP contribution is 2.42. The molecule has 3 nitrogen and oxygen atoms in total. The maximum absolute atomic E-state index is 5.89. The third-order valence-corrected chi connectivity index (χ3v) is 3.39. The standard InChI is InChI=1S/C12H28NO2P/c1-8-9-10-13-16(14-11(2,3)4)15-12(5,6)7/h13H,8-10H2,1-7H3. The molecule has 4 heteroatoms. The van der Waals surface area contributed by atoms with Gasteiger partial charge in [0.1, 0.15) is 0 Å². The number of rotatable bonds is 6. The summed E-state index contributed by atoms with van der Waals surface area (Å²) in [4.78, 5) is 0. The van der Waals surface area contributed by atoms with E-state index in [0.717, 1.165) is 13.0 Å². The van der Waals surface area contributed by atoms with Gasteiger partial charge in [0.25, 0.3) is 8.53 Å². The maximum Gasteiger partial charge on any atom is 0.256 e. The summed E-state index contributed by atoms with van der Waals surface area (Å²) >= 11 is 0. The van der Waals surface area contributed by atoms with Crippen LogP contribution < -0.4 is 5.09 Å². The summed E-state index contributed by atoms with van der Waals surface area (Å²) in [5, 5.41) is 3.35. The lowest BCUT2D eigenvalue weighted by Crippen LogP contribution is -2.27. The van der Waals surface area contributed by atoms with E-state index in [0.29, 0.717) is 0 Å². The first-order valence-electron chi connectivity index (χ1n) is 6.06. The van der Waals surface area contributed by atoms with Crippen molar-refractivity contribution >= 4 is 8.53 Å². The molecule has 0 saturated heterocycles. The number of hydrogen-bond donors (Lipinski definition) is 1. The number of unbranched alkanes of at least 4 members (excludes halogenated alkanes) is 1. The Balaban J connectivity index is 4.17. The Morgan fingerprint density at radius 3 is 1.69 bits per heavy atom. The second-order valence-electron chi connectivity index (χ2n) is 5.93. The molecule has 0 rings (SSSR count). The van der Waals surface area contributed by atoms with E-state index in [-0.39, 0.29) is 11.2 Å². The lowest BCUT2D eigenvalue weighted by atomic mass is 10.2. The van der Waals surface area contributed by atoms with Crippen molar-refractivity contribution in [1.82, 2.24) is 5.09 Å². The average molecular weight is 249 g/mol. The van der Waals surface area contributed by atoms with Gasteiger partial charge in [-0.15, -0.1) is 0 Å². The minimum Gasteiger partial charge on any atom is -0.316 e. The van der Waals surface area contributed by atoms with Gasteiger partial charge in [0.05, 0.1) is 11.2 Å². The highest BCUT2D eigenvalue weighted by atomic mass is 31.2. The zero-order valence-corrected chi connectivity index (χ0v) is 12.8. The third-order valence-electron chi connectivity index (χ3n) is 1.48. The van der Waals surface area contributed by atoms with Crippen molar-refractivity contribution in [1.29, 1.82) is 0 Å². The SMILES string of the molecule is CCCCNP(OC(C)(C)C)OC(C)(C)C. The number of nitrogens with one attached hydrogen (secondary N) is 1. The Morgan fingerprint density at radius 1 is 0.938 bits per heavy atom. The molecule has 0 aromatic carbocycles. The van der Waals surface area contributed by atoms with Crippen LogP contribution in [0.3, 0.4) is 0 Å². The zero-order valence-electron chi connectivity index (χ0n) is 11.9. The Bertz CT molecular complexity index is 168. The molecule has 0 aliphatic carbocycles. The van der Waals surface area contributed by atoms with Crippen LogP contribution in [0.25, 0.3) is 0 Å². The average Bonchev–Trinajstić information content (AvgIpc) is 1.97. The summed E-state index contributed by atoms with van der Waals surface area (Å²) in [5.41, 5.74) is -0.341. The Hall–Kier alpha value is 0.310. The summed E-state index contributed by atoms with van der Waals surface area (Å²) in [6.07, 6.45) is 2.33. The van der Waals surface area contributed by atoms with Crippen molar-refractivity contribution < 1.29 is 9.05 Å². The summed E-state index contributed by atoms with van der Waals surface area (Å²) in [7, 11) is -0.998. The largest absolute Gasteiger partial charge is 0.316 e. The quantitative estimate of drug-likeness (QED) is 0.564. The minimum absolute atomic E-state index is 0.170. The van der Waals surface area contributed by atoms with Gasteiger partial charge >= 0.3 is 0 Å².